The van der Waals surface area contributed by atoms with Crippen LogP contribution in [0.2, 0.25) is 0 Å². The molecule has 0 spiro atoms. The van der Waals surface area contributed by atoms with Gasteiger partial charge in [-0.15, -0.1) is 0 Å². The molecule has 3 amide bonds. The Morgan fingerprint density at radius 1 is 0.785 bits per heavy atom. The number of amides is 3. The molecule has 5 heterocycles. The number of hydrogen-bond donors (Lipinski definition) is 3. The number of nitrogens with two attached hydrogens (primary N) is 2. The van der Waals surface area contributed by atoms with Crippen LogP contribution in [0, 0.1) is 13.8 Å². The maximum Gasteiger partial charge on any atom is 0.306 e. The third kappa shape index (κ3) is 9.68. The van der Waals surface area contributed by atoms with Crippen LogP contribution in [-0.4, -0.2) is 86.7 Å². The minimum absolute atomic E-state index is 0.192. The summed E-state index contributed by atoms with van der Waals surface area (Å²) in [4.78, 5) is 65.7. The average molecular weight is 887 g/mol. The summed E-state index contributed by atoms with van der Waals surface area (Å²) in [6.45, 7) is 14.9. The molecule has 0 radical (unpaired) electrons. The lowest BCUT2D eigenvalue weighted by Crippen LogP contribution is -2.23. The number of unbranched alkanes of at least 4 members (excludes halogenated alkanes) is 1. The maximum atomic E-state index is 13.7. The number of aromatic nitrogens is 9. The maximum absolute atomic E-state index is 13.7. The van der Waals surface area contributed by atoms with E-state index in [1.165, 1.54) is 13.2 Å². The summed E-state index contributed by atoms with van der Waals surface area (Å²) in [5.41, 5.74) is 16.1. The molecule has 5 N–H and O–H groups in total. The Hall–Kier alpha value is -7.57. The molecular weight excluding hydrogens is 833 g/mol. The summed E-state index contributed by atoms with van der Waals surface area (Å²) < 4.78 is 24.8. The first kappa shape index (κ1) is 45.5. The van der Waals surface area contributed by atoms with Crippen molar-refractivity contribution in [1.82, 2.24) is 43.6 Å². The fourth-order valence-corrected chi connectivity index (χ4v) is 7.73. The van der Waals surface area contributed by atoms with Crippen molar-refractivity contribution in [3.05, 3.63) is 83.0 Å². The number of ether oxygens (including phenoxy) is 3. The normalized spacial score (nSPS) is 11.9. The van der Waals surface area contributed by atoms with E-state index in [9.17, 15) is 19.2 Å². The highest BCUT2D eigenvalue weighted by Crippen LogP contribution is 2.37. The molecule has 65 heavy (non-hydrogen) atoms. The third-order valence-corrected chi connectivity index (χ3v) is 10.5. The molecule has 0 fully saturated rings. The summed E-state index contributed by atoms with van der Waals surface area (Å²) in [5.74, 6) is -0.610. The molecule has 5 aromatic heterocycles. The van der Waals surface area contributed by atoms with Crippen molar-refractivity contribution in [3.8, 4) is 23.0 Å². The van der Waals surface area contributed by atoms with Crippen molar-refractivity contribution < 1.29 is 33.4 Å². The summed E-state index contributed by atoms with van der Waals surface area (Å²) in [5, 5.41) is 13.3. The number of nitrogens with zero attached hydrogens (tertiary/aromatic N) is 9. The molecule has 340 valence electrons. The number of primary amides is 2. The highest BCUT2D eigenvalue weighted by molar-refractivity contribution is 6.12. The highest BCUT2D eigenvalue weighted by atomic mass is 16.6. The van der Waals surface area contributed by atoms with Gasteiger partial charge in [-0.25, -0.2) is 15.0 Å². The van der Waals surface area contributed by atoms with Gasteiger partial charge >= 0.3 is 5.97 Å². The summed E-state index contributed by atoms with van der Waals surface area (Å²) in [6, 6.07) is 10.0. The number of fused-ring (bicyclic) bond motifs is 4. The minimum atomic E-state index is -0.660. The molecule has 2 aromatic carbocycles. The van der Waals surface area contributed by atoms with Crippen molar-refractivity contribution in [2.45, 2.75) is 99.5 Å². The number of nitrogens with one attached hydrogen (secondary N) is 1. The molecule has 7 rings (SSSR count). The smallest absolute Gasteiger partial charge is 0.306 e. The molecule has 19 heteroatoms. The van der Waals surface area contributed by atoms with Crippen molar-refractivity contribution in [2.75, 3.05) is 19.0 Å². The summed E-state index contributed by atoms with van der Waals surface area (Å²) in [6.07, 6.45) is 6.86. The van der Waals surface area contributed by atoms with E-state index in [4.69, 9.17) is 40.6 Å². The van der Waals surface area contributed by atoms with E-state index in [0.29, 0.717) is 87.6 Å². The zero-order valence-electron chi connectivity index (χ0n) is 37.9. The van der Waals surface area contributed by atoms with Crippen LogP contribution in [-0.2, 0) is 35.7 Å². The van der Waals surface area contributed by atoms with Gasteiger partial charge in [-0.3, -0.25) is 33.9 Å². The molecule has 0 saturated heterocycles. The van der Waals surface area contributed by atoms with E-state index in [1.807, 2.05) is 75.9 Å². The molecular formula is C46H54N12O7. The van der Waals surface area contributed by atoms with Crippen LogP contribution in [0.15, 0.2) is 54.7 Å². The van der Waals surface area contributed by atoms with Gasteiger partial charge in [-0.2, -0.15) is 10.2 Å². The molecule has 0 bridgehead atoms. The predicted octanol–water partition coefficient (Wildman–Crippen LogP) is 6.26. The molecule has 0 aliphatic rings. The Morgan fingerprint density at radius 3 is 2.12 bits per heavy atom. The predicted molar refractivity (Wildman–Crippen MR) is 245 cm³/mol. The lowest BCUT2D eigenvalue weighted by molar-refractivity contribution is -0.154. The number of imidazole rings is 1. The van der Waals surface area contributed by atoms with Crippen LogP contribution in [0.4, 0.5) is 5.95 Å². The first-order valence-electron chi connectivity index (χ1n) is 21.4. The number of allylic oxidation sites excluding steroid dienone is 2. The van der Waals surface area contributed by atoms with Gasteiger partial charge in [0, 0.05) is 60.7 Å². The zero-order valence-corrected chi connectivity index (χ0v) is 37.9. The van der Waals surface area contributed by atoms with E-state index >= 15 is 0 Å². The van der Waals surface area contributed by atoms with Crippen LogP contribution < -0.4 is 26.3 Å². The quantitative estimate of drug-likeness (QED) is 0.0491. The van der Waals surface area contributed by atoms with Crippen molar-refractivity contribution >= 4 is 62.6 Å². The Bertz CT molecular complexity index is 3000. The summed E-state index contributed by atoms with van der Waals surface area (Å²) >= 11 is 0. The fraction of sp³-hybridized carbons (Fsp3) is 0.370. The van der Waals surface area contributed by atoms with Gasteiger partial charge in [0.1, 0.15) is 39.7 Å². The van der Waals surface area contributed by atoms with E-state index in [-0.39, 0.29) is 49.2 Å². The van der Waals surface area contributed by atoms with Gasteiger partial charge in [-0.1, -0.05) is 12.2 Å². The van der Waals surface area contributed by atoms with Gasteiger partial charge in [0.05, 0.1) is 36.1 Å². The van der Waals surface area contributed by atoms with Crippen LogP contribution in [0.25, 0.3) is 44.5 Å². The topological polar surface area (TPSA) is 244 Å². The van der Waals surface area contributed by atoms with E-state index in [2.05, 4.69) is 15.5 Å². The van der Waals surface area contributed by atoms with Crippen LogP contribution >= 0.6 is 0 Å². The van der Waals surface area contributed by atoms with Crippen LogP contribution in [0.5, 0.6) is 11.5 Å². The van der Waals surface area contributed by atoms with Crippen LogP contribution in [0.1, 0.15) is 96.5 Å². The summed E-state index contributed by atoms with van der Waals surface area (Å²) in [7, 11) is 1.48. The Kier molecular flexibility index (Phi) is 13.0. The number of rotatable bonds is 18. The molecule has 19 nitrogen and oxygen atoms in total. The number of esters is 1. The largest absolute Gasteiger partial charge is 0.494 e. The number of carbonyl (C=O) groups is 4. The SMILES string of the molecule is CCn1nc(C)cc1C(=O)Nc1nc2cc(C(N)=O)cc(OC)c2n1C/C=C/Cn1c2nc(-c3cc(C)nn3CC)ncc2c2cc(C(N)=O)cc(OCCCCC(=O)OC(C)(C)C)c21. The molecule has 7 aromatic rings. The number of methoxy groups -OCH3 is 1. The standard InChI is InChI=1S/C46H54N12O7/c1-9-57-33(19-26(3)53-57)42-49-25-31-30-21-28(40(47)60)24-36(64-18-14-11-15-37(59)65-46(5,6)7)38(30)55(43(31)51-42)16-12-13-17-56-39-32(22-29(41(48)61)23-35(39)63-8)50-45(56)52-44(62)34-20-27(4)54-58(34)10-2/h12-13,19-25H,9-11,14-18H2,1-8H3,(H2,47,60)(H2,48,61)(H,50,52,62)/b13-12+. The van der Waals surface area contributed by atoms with Gasteiger partial charge in [0.25, 0.3) is 5.91 Å². The zero-order chi connectivity index (χ0) is 46.7. The first-order chi connectivity index (χ1) is 31.0. The second-order valence-electron chi connectivity index (χ2n) is 16.5. The molecule has 0 unspecified atom stereocenters. The Labute approximate surface area is 374 Å². The molecule has 0 saturated carbocycles. The highest BCUT2D eigenvalue weighted by Gasteiger charge is 2.24. The Morgan fingerprint density at radius 2 is 1.45 bits per heavy atom. The number of aryl methyl sites for hydroxylation is 4. The second kappa shape index (κ2) is 18.6. The molecule has 0 aliphatic heterocycles. The monoisotopic (exact) mass is 886 g/mol. The molecule has 0 aliphatic carbocycles. The van der Waals surface area contributed by atoms with Gasteiger partial charge in [0.15, 0.2) is 5.82 Å². The average Bonchev–Trinajstić information content (AvgIpc) is 4.01. The lowest BCUT2D eigenvalue weighted by atomic mass is 10.1. The third-order valence-electron chi connectivity index (χ3n) is 10.5. The van der Waals surface area contributed by atoms with Gasteiger partial charge < -0.3 is 34.8 Å². The fourth-order valence-electron chi connectivity index (χ4n) is 7.73. The van der Waals surface area contributed by atoms with Crippen molar-refractivity contribution in [3.63, 3.8) is 0 Å². The Balaban J connectivity index is 1.29. The second-order valence-corrected chi connectivity index (χ2v) is 16.5. The first-order valence-corrected chi connectivity index (χ1v) is 21.4. The minimum Gasteiger partial charge on any atom is -0.494 e. The van der Waals surface area contributed by atoms with Gasteiger partial charge in [-0.05, 0) is 97.7 Å². The molecule has 0 atom stereocenters. The van der Waals surface area contributed by atoms with Gasteiger partial charge in [0.2, 0.25) is 17.8 Å². The van der Waals surface area contributed by atoms with E-state index in [1.54, 1.807) is 39.7 Å². The van der Waals surface area contributed by atoms with Crippen molar-refractivity contribution in [1.29, 1.82) is 0 Å². The van der Waals surface area contributed by atoms with E-state index < -0.39 is 23.3 Å². The number of carbonyl (C=O) groups excluding carboxylic acids is 4. The van der Waals surface area contributed by atoms with Crippen molar-refractivity contribution in [2.24, 2.45) is 11.5 Å². The van der Waals surface area contributed by atoms with E-state index in [0.717, 1.165) is 11.4 Å². The van der Waals surface area contributed by atoms with Crippen LogP contribution in [0.3, 0.4) is 0 Å². The number of benzene rings is 2. The lowest BCUT2D eigenvalue weighted by Gasteiger charge is -2.19. The number of anilines is 1. The number of hydrogen-bond acceptors (Lipinski definition) is 12.